The van der Waals surface area contributed by atoms with Crippen LogP contribution in [0.3, 0.4) is 0 Å². The molecule has 0 amide bonds. The van der Waals surface area contributed by atoms with Crippen LogP contribution in [0, 0.1) is 0 Å². The second-order valence-corrected chi connectivity index (χ2v) is 4.68. The van der Waals surface area contributed by atoms with Crippen LogP contribution in [0.1, 0.15) is 16.1 Å². The largest absolute Gasteiger partial charge is 0.287 e. The summed E-state index contributed by atoms with van der Waals surface area (Å²) in [4.78, 5) is 20.9. The summed E-state index contributed by atoms with van der Waals surface area (Å²) in [5, 5.41) is 1.92. The fourth-order valence-electron chi connectivity index (χ4n) is 2.24. The van der Waals surface area contributed by atoms with Gasteiger partial charge in [-0.1, -0.05) is 18.2 Å². The molecular formula is C13H6N2OS. The van der Waals surface area contributed by atoms with Gasteiger partial charge in [0.15, 0.2) is 0 Å². The number of hydrogen-bond donors (Lipinski definition) is 0. The monoisotopic (exact) mass is 238 g/mol. The summed E-state index contributed by atoms with van der Waals surface area (Å²) >= 11 is 1.48. The molecule has 4 rings (SSSR count). The molecule has 0 radical (unpaired) electrons. The lowest BCUT2D eigenvalue weighted by molar-refractivity contribution is 0.103. The Labute approximate surface area is 101 Å². The van der Waals surface area contributed by atoms with Gasteiger partial charge in [-0.15, -0.1) is 11.3 Å². The maximum atomic E-state index is 12.2. The molecule has 0 spiro atoms. The number of aromatic nitrogens is 2. The average Bonchev–Trinajstić information content (AvgIpc) is 2.94. The van der Waals surface area contributed by atoms with Crippen LogP contribution in [0.4, 0.5) is 0 Å². The van der Waals surface area contributed by atoms with Crippen molar-refractivity contribution in [1.29, 1.82) is 0 Å². The van der Waals surface area contributed by atoms with Crippen molar-refractivity contribution in [2.24, 2.45) is 0 Å². The summed E-state index contributed by atoms with van der Waals surface area (Å²) in [6.45, 7) is 0. The second-order valence-electron chi connectivity index (χ2n) is 3.96. The molecule has 0 atom stereocenters. The van der Waals surface area contributed by atoms with E-state index in [1.54, 1.807) is 5.51 Å². The molecule has 0 aromatic heterocycles. The van der Waals surface area contributed by atoms with Gasteiger partial charge in [-0.2, -0.15) is 0 Å². The molecule has 2 heterocycles. The van der Waals surface area contributed by atoms with Crippen molar-refractivity contribution in [2.45, 2.75) is 0 Å². The molecule has 0 aromatic rings. The maximum absolute atomic E-state index is 12.2. The molecule has 17 heavy (non-hydrogen) atoms. The Bertz CT molecular complexity index is 721. The van der Waals surface area contributed by atoms with Gasteiger partial charge in [0.1, 0.15) is 11.4 Å². The predicted molar refractivity (Wildman–Crippen MR) is 66.1 cm³/mol. The second kappa shape index (κ2) is 2.99. The lowest BCUT2D eigenvalue weighted by Crippen LogP contribution is -2.09. The molecule has 0 bridgehead atoms. The fraction of sp³-hybridized carbons (Fsp3) is 0. The van der Waals surface area contributed by atoms with Crippen LogP contribution in [0.5, 0.6) is 0 Å². The highest BCUT2D eigenvalue weighted by Gasteiger charge is 2.30. The van der Waals surface area contributed by atoms with Gasteiger partial charge in [-0.05, 0) is 11.6 Å². The Morgan fingerprint density at radius 2 is 2.18 bits per heavy atom. The molecule has 4 aliphatic rings. The third-order valence-corrected chi connectivity index (χ3v) is 3.60. The van der Waals surface area contributed by atoms with Gasteiger partial charge in [-0.25, -0.2) is 9.97 Å². The van der Waals surface area contributed by atoms with Crippen molar-refractivity contribution in [3.63, 3.8) is 0 Å². The van der Waals surface area contributed by atoms with E-state index < -0.39 is 0 Å². The van der Waals surface area contributed by atoms with Crippen molar-refractivity contribution in [2.75, 3.05) is 0 Å². The lowest BCUT2D eigenvalue weighted by atomic mass is 9.92. The Morgan fingerprint density at radius 1 is 1.24 bits per heavy atom. The summed E-state index contributed by atoms with van der Waals surface area (Å²) in [5.74, 6) is 0.00509. The van der Waals surface area contributed by atoms with Crippen molar-refractivity contribution >= 4 is 23.2 Å². The van der Waals surface area contributed by atoms with Crippen molar-refractivity contribution < 1.29 is 4.79 Å². The highest BCUT2D eigenvalue weighted by molar-refractivity contribution is 7.07. The first kappa shape index (κ1) is 9.01. The van der Waals surface area contributed by atoms with E-state index in [0.29, 0.717) is 5.69 Å². The minimum Gasteiger partial charge on any atom is -0.287 e. The molecule has 0 unspecified atom stereocenters. The number of Topliss-reactive ketones (excluding diaryl/α,β-unsaturated/α-hetero) is 1. The van der Waals surface area contributed by atoms with Crippen molar-refractivity contribution in [1.82, 2.24) is 9.97 Å². The SMILES string of the molecule is O=C1C2=CC=CC2=Cc2c1nc1cscnc2-1. The molecular weight excluding hydrogens is 232 g/mol. The quantitative estimate of drug-likeness (QED) is 0.708. The van der Waals surface area contributed by atoms with E-state index >= 15 is 0 Å². The maximum Gasteiger partial charge on any atom is 0.212 e. The summed E-state index contributed by atoms with van der Waals surface area (Å²) in [7, 11) is 0. The van der Waals surface area contributed by atoms with Crippen LogP contribution in [-0.2, 0) is 0 Å². The van der Waals surface area contributed by atoms with E-state index in [4.69, 9.17) is 0 Å². The Morgan fingerprint density at radius 3 is 3.12 bits per heavy atom. The number of carbonyl (C=O) groups excluding carboxylic acids is 1. The molecule has 0 aromatic carbocycles. The Balaban J connectivity index is 2.10. The third-order valence-electron chi connectivity index (χ3n) is 3.02. The third kappa shape index (κ3) is 1.08. The topological polar surface area (TPSA) is 42.9 Å². The van der Waals surface area contributed by atoms with Gasteiger partial charge < -0.3 is 0 Å². The van der Waals surface area contributed by atoms with Gasteiger partial charge in [0.2, 0.25) is 5.78 Å². The zero-order chi connectivity index (χ0) is 11.4. The molecule has 4 heteroatoms. The van der Waals surface area contributed by atoms with Crippen LogP contribution in [-0.4, -0.2) is 15.8 Å². The number of hydrogen-bond acceptors (Lipinski definition) is 4. The molecule has 2 aliphatic heterocycles. The Hall–Kier alpha value is -2.07. The van der Waals surface area contributed by atoms with Crippen LogP contribution < -0.4 is 0 Å². The highest BCUT2D eigenvalue weighted by atomic mass is 32.1. The summed E-state index contributed by atoms with van der Waals surface area (Å²) in [6, 6.07) is 0. The van der Waals surface area contributed by atoms with Crippen molar-refractivity contribution in [3.8, 4) is 11.4 Å². The van der Waals surface area contributed by atoms with Gasteiger partial charge in [0.25, 0.3) is 0 Å². The zero-order valence-electron chi connectivity index (χ0n) is 8.68. The molecule has 0 fully saturated rings. The zero-order valence-corrected chi connectivity index (χ0v) is 9.49. The number of allylic oxidation sites excluding steroid dienone is 5. The number of ketones is 1. The van der Waals surface area contributed by atoms with Gasteiger partial charge in [0.05, 0.1) is 11.2 Å². The first-order valence-corrected chi connectivity index (χ1v) is 6.16. The predicted octanol–water partition coefficient (Wildman–Crippen LogP) is 2.72. The first-order valence-electron chi connectivity index (χ1n) is 5.21. The average molecular weight is 238 g/mol. The number of fused-ring (bicyclic) bond motifs is 4. The molecule has 2 aliphatic carbocycles. The normalized spacial score (nSPS) is 16.8. The van der Waals surface area contributed by atoms with E-state index in [0.717, 1.165) is 28.1 Å². The van der Waals surface area contributed by atoms with E-state index in [2.05, 4.69) is 9.97 Å². The lowest BCUT2D eigenvalue weighted by Gasteiger charge is -2.09. The van der Waals surface area contributed by atoms with Crippen LogP contribution in [0.25, 0.3) is 17.5 Å². The Kier molecular flexibility index (Phi) is 1.58. The molecule has 80 valence electrons. The summed E-state index contributed by atoms with van der Waals surface area (Å²) in [6.07, 6.45) is 7.68. The number of nitrogens with zero attached hydrogens (tertiary/aromatic N) is 2. The van der Waals surface area contributed by atoms with Gasteiger partial charge >= 0.3 is 0 Å². The van der Waals surface area contributed by atoms with Crippen molar-refractivity contribution in [3.05, 3.63) is 51.5 Å². The standard InChI is InChI=1S/C13H6N2OS/c16-13-8-3-1-2-7(8)4-9-11-10(15-12(9)13)5-17-6-14-11/h1-6H. The van der Waals surface area contributed by atoms with Crippen LogP contribution in [0.2, 0.25) is 0 Å². The first-order chi connectivity index (χ1) is 8.34. The van der Waals surface area contributed by atoms with Gasteiger partial charge in [-0.3, -0.25) is 4.79 Å². The summed E-state index contributed by atoms with van der Waals surface area (Å²) < 4.78 is 0. The minimum atomic E-state index is 0.00509. The van der Waals surface area contributed by atoms with Gasteiger partial charge in [0, 0.05) is 16.5 Å². The minimum absolute atomic E-state index is 0.00509. The fourth-order valence-corrected chi connectivity index (χ4v) is 2.76. The van der Waals surface area contributed by atoms with E-state index in [9.17, 15) is 4.79 Å². The molecule has 0 saturated carbocycles. The molecule has 0 N–H and O–H groups in total. The number of carbonyl (C=O) groups is 1. The summed E-state index contributed by atoms with van der Waals surface area (Å²) in [5.41, 5.74) is 6.48. The molecule has 3 nitrogen and oxygen atoms in total. The van der Waals surface area contributed by atoms with Crippen LogP contribution in [0.15, 0.2) is 40.3 Å². The van der Waals surface area contributed by atoms with E-state index in [-0.39, 0.29) is 5.78 Å². The van der Waals surface area contributed by atoms with E-state index in [1.807, 2.05) is 29.7 Å². The smallest absolute Gasteiger partial charge is 0.212 e. The molecule has 0 saturated heterocycles. The highest BCUT2D eigenvalue weighted by Crippen LogP contribution is 2.37. The number of rotatable bonds is 0. The van der Waals surface area contributed by atoms with E-state index in [1.165, 1.54) is 11.3 Å². The van der Waals surface area contributed by atoms with Crippen LogP contribution >= 0.6 is 11.3 Å².